The van der Waals surface area contributed by atoms with E-state index < -0.39 is 0 Å². The molecule has 50 heavy (non-hydrogen) atoms. The van der Waals surface area contributed by atoms with E-state index in [0.29, 0.717) is 46.7 Å². The zero-order chi connectivity index (χ0) is 37.6. The summed E-state index contributed by atoms with van der Waals surface area (Å²) in [6, 6.07) is 23.9. The molecule has 4 nitrogen and oxygen atoms in total. The lowest BCUT2D eigenvalue weighted by atomic mass is 9.75. The zero-order valence-corrected chi connectivity index (χ0v) is 32.9. The topological polar surface area (TPSA) is 80.9 Å². The molecule has 0 aliphatic heterocycles. The monoisotopic (exact) mass is 680 g/mol. The van der Waals surface area contributed by atoms with Crippen molar-refractivity contribution in [2.24, 2.45) is 0 Å². The third-order valence-corrected chi connectivity index (χ3v) is 11.6. The lowest BCUT2D eigenvalue weighted by Crippen LogP contribution is -2.19. The minimum absolute atomic E-state index is 0.203. The van der Waals surface area contributed by atoms with Gasteiger partial charge in [0.25, 0.3) is 0 Å². The Hall–Kier alpha value is -3.92. The number of rotatable bonds is 12. The first-order valence-corrected chi connectivity index (χ1v) is 18.8. The van der Waals surface area contributed by atoms with Gasteiger partial charge in [-0.3, -0.25) is 0 Å². The van der Waals surface area contributed by atoms with Crippen molar-refractivity contribution in [3.63, 3.8) is 0 Å². The highest BCUT2D eigenvalue weighted by atomic mass is 16.3. The molecule has 0 heterocycles. The molecule has 0 saturated carbocycles. The molecule has 0 amide bonds. The van der Waals surface area contributed by atoms with E-state index in [1.165, 1.54) is 22.3 Å². The summed E-state index contributed by atoms with van der Waals surface area (Å²) in [5.74, 6) is 2.80. The lowest BCUT2D eigenvalue weighted by Gasteiger charge is -2.29. The predicted octanol–water partition coefficient (Wildman–Crippen LogP) is 12.9. The van der Waals surface area contributed by atoms with E-state index >= 15 is 0 Å². The number of hydrogen-bond donors (Lipinski definition) is 4. The largest absolute Gasteiger partial charge is 0.508 e. The Kier molecular flexibility index (Phi) is 13.7. The van der Waals surface area contributed by atoms with Crippen LogP contribution in [-0.4, -0.2) is 20.4 Å². The summed E-state index contributed by atoms with van der Waals surface area (Å²) in [5.41, 5.74) is 8.36. The SMILES string of the molecule is CCC(C)c1cc(C(C)(C)c2ccc(O)c(C(C)CC)c2)ccc1O.CCC(C)c1cc(C(C)(C)c2ccc(O)c(C(C)CC)c2)ccc1O. The van der Waals surface area contributed by atoms with Gasteiger partial charge in [0, 0.05) is 10.8 Å². The highest BCUT2D eigenvalue weighted by molar-refractivity contribution is 5.50. The molecular weight excluding hydrogens is 617 g/mol. The number of phenolic OH excluding ortho intramolecular Hbond substituents is 4. The van der Waals surface area contributed by atoms with Crippen LogP contribution in [0.4, 0.5) is 0 Å². The van der Waals surface area contributed by atoms with Gasteiger partial charge in [0.2, 0.25) is 0 Å². The molecule has 4 N–H and O–H groups in total. The molecule has 4 heteroatoms. The van der Waals surface area contributed by atoms with E-state index in [-0.39, 0.29) is 10.8 Å². The number of aromatic hydroxyl groups is 4. The van der Waals surface area contributed by atoms with Gasteiger partial charge in [-0.05, 0) is 118 Å². The summed E-state index contributed by atoms with van der Waals surface area (Å²) < 4.78 is 0. The maximum absolute atomic E-state index is 10.2. The van der Waals surface area contributed by atoms with Crippen molar-refractivity contribution < 1.29 is 20.4 Å². The fraction of sp³-hybridized carbons (Fsp3) is 0.478. The molecule has 0 aliphatic rings. The van der Waals surface area contributed by atoms with Crippen LogP contribution in [-0.2, 0) is 10.8 Å². The highest BCUT2D eigenvalue weighted by Gasteiger charge is 2.28. The number of phenols is 4. The second-order valence-corrected chi connectivity index (χ2v) is 15.6. The van der Waals surface area contributed by atoms with E-state index in [1.54, 1.807) is 0 Å². The van der Waals surface area contributed by atoms with Gasteiger partial charge >= 0.3 is 0 Å². The zero-order valence-electron chi connectivity index (χ0n) is 32.9. The van der Waals surface area contributed by atoms with E-state index in [4.69, 9.17) is 0 Å². The van der Waals surface area contributed by atoms with Gasteiger partial charge in [0.15, 0.2) is 0 Å². The maximum Gasteiger partial charge on any atom is 0.119 e. The van der Waals surface area contributed by atoms with Gasteiger partial charge in [-0.2, -0.15) is 0 Å². The van der Waals surface area contributed by atoms with Gasteiger partial charge in [-0.1, -0.05) is 132 Å². The fourth-order valence-electron chi connectivity index (χ4n) is 6.56. The maximum atomic E-state index is 10.2. The van der Waals surface area contributed by atoms with Crippen LogP contribution in [0.1, 0.15) is 177 Å². The molecule has 0 radical (unpaired) electrons. The van der Waals surface area contributed by atoms with E-state index in [0.717, 1.165) is 47.9 Å². The first kappa shape index (κ1) is 40.5. The normalized spacial score (nSPS) is 14.3. The first-order valence-electron chi connectivity index (χ1n) is 18.8. The van der Waals surface area contributed by atoms with Crippen molar-refractivity contribution in [2.45, 2.75) is 143 Å². The van der Waals surface area contributed by atoms with Crippen LogP contribution in [0.25, 0.3) is 0 Å². The minimum Gasteiger partial charge on any atom is -0.508 e. The molecular formula is C46H64O4. The van der Waals surface area contributed by atoms with Crippen molar-refractivity contribution in [1.82, 2.24) is 0 Å². The van der Waals surface area contributed by atoms with E-state index in [1.807, 2.05) is 48.5 Å². The average molecular weight is 681 g/mol. The molecule has 4 unspecified atom stereocenters. The van der Waals surface area contributed by atoms with E-state index in [9.17, 15) is 20.4 Å². The minimum atomic E-state index is -0.203. The van der Waals surface area contributed by atoms with Crippen LogP contribution >= 0.6 is 0 Å². The van der Waals surface area contributed by atoms with Crippen LogP contribution in [0.5, 0.6) is 23.0 Å². The second-order valence-electron chi connectivity index (χ2n) is 15.6. The Morgan fingerprint density at radius 2 is 0.560 bits per heavy atom. The molecule has 4 aromatic rings. The molecule has 0 fully saturated rings. The summed E-state index contributed by atoms with van der Waals surface area (Å²) in [4.78, 5) is 0. The summed E-state index contributed by atoms with van der Waals surface area (Å²) in [5, 5.41) is 40.9. The Balaban J connectivity index is 0.000000270. The number of hydrogen-bond acceptors (Lipinski definition) is 4. The van der Waals surface area contributed by atoms with Crippen LogP contribution in [0, 0.1) is 0 Å². The van der Waals surface area contributed by atoms with Crippen molar-refractivity contribution >= 4 is 0 Å². The summed E-state index contributed by atoms with van der Waals surface area (Å²) in [6.07, 6.45) is 3.98. The Morgan fingerprint density at radius 1 is 0.380 bits per heavy atom. The van der Waals surface area contributed by atoms with Crippen molar-refractivity contribution in [1.29, 1.82) is 0 Å². The Bertz CT molecular complexity index is 1470. The first-order chi connectivity index (χ1) is 23.4. The van der Waals surface area contributed by atoms with Gasteiger partial charge in [-0.25, -0.2) is 0 Å². The molecule has 0 bridgehead atoms. The standard InChI is InChI=1S/2C23H32O2/c2*1-7-15(3)19-13-17(9-11-21(19)24)23(5,6)18-10-12-22(25)20(14-18)16(4)8-2/h2*9-16,24-25H,7-8H2,1-6H3. The average Bonchev–Trinajstić information content (AvgIpc) is 3.10. The van der Waals surface area contributed by atoms with Crippen LogP contribution in [0.2, 0.25) is 0 Å². The molecule has 4 aromatic carbocycles. The predicted molar refractivity (Wildman–Crippen MR) is 212 cm³/mol. The Morgan fingerprint density at radius 3 is 0.720 bits per heavy atom. The quantitative estimate of drug-likeness (QED) is 0.120. The Labute approximate surface area is 303 Å². The van der Waals surface area contributed by atoms with Crippen LogP contribution in [0.15, 0.2) is 72.8 Å². The van der Waals surface area contributed by atoms with Crippen molar-refractivity contribution in [2.75, 3.05) is 0 Å². The molecule has 272 valence electrons. The van der Waals surface area contributed by atoms with Crippen molar-refractivity contribution in [3.05, 3.63) is 117 Å². The van der Waals surface area contributed by atoms with E-state index in [2.05, 4.69) is 107 Å². The van der Waals surface area contributed by atoms with Gasteiger partial charge in [0.05, 0.1) is 0 Å². The molecule has 0 aromatic heterocycles. The summed E-state index contributed by atoms with van der Waals surface area (Å²) >= 11 is 0. The summed E-state index contributed by atoms with van der Waals surface area (Å²) in [6.45, 7) is 25.9. The number of benzene rings is 4. The van der Waals surface area contributed by atoms with Crippen molar-refractivity contribution in [3.8, 4) is 23.0 Å². The van der Waals surface area contributed by atoms with Gasteiger partial charge in [-0.15, -0.1) is 0 Å². The fourth-order valence-corrected chi connectivity index (χ4v) is 6.56. The molecule has 0 spiro atoms. The molecule has 0 saturated heterocycles. The molecule has 0 aliphatic carbocycles. The lowest BCUT2D eigenvalue weighted by molar-refractivity contribution is 0.458. The smallest absolute Gasteiger partial charge is 0.119 e. The van der Waals surface area contributed by atoms with Gasteiger partial charge < -0.3 is 20.4 Å². The summed E-state index contributed by atoms with van der Waals surface area (Å²) in [7, 11) is 0. The van der Waals surface area contributed by atoms with Crippen LogP contribution in [0.3, 0.4) is 0 Å². The van der Waals surface area contributed by atoms with Crippen LogP contribution < -0.4 is 0 Å². The third kappa shape index (κ3) is 8.86. The second kappa shape index (κ2) is 16.9. The molecule has 4 rings (SSSR count). The van der Waals surface area contributed by atoms with Gasteiger partial charge in [0.1, 0.15) is 23.0 Å². The third-order valence-electron chi connectivity index (χ3n) is 11.6. The molecule has 4 atom stereocenters. The highest BCUT2D eigenvalue weighted by Crippen LogP contribution is 2.41.